The van der Waals surface area contributed by atoms with Crippen molar-refractivity contribution in [1.29, 1.82) is 0 Å². The Bertz CT molecular complexity index is 553. The van der Waals surface area contributed by atoms with E-state index in [9.17, 15) is 4.79 Å². The molecule has 0 saturated carbocycles. The molecule has 0 aromatic carbocycles. The highest BCUT2D eigenvalue weighted by molar-refractivity contribution is 5.94. The monoisotopic (exact) mass is 274 g/mol. The topological polar surface area (TPSA) is 71.1 Å². The zero-order valence-corrected chi connectivity index (χ0v) is 11.7. The number of aromatic nitrogens is 3. The molecular weight excluding hydrogens is 256 g/mol. The number of H-pyrrole nitrogens is 1. The molecule has 2 heterocycles. The Balaban J connectivity index is 2.15. The van der Waals surface area contributed by atoms with Gasteiger partial charge < -0.3 is 9.64 Å². The van der Waals surface area contributed by atoms with Gasteiger partial charge in [0.15, 0.2) is 0 Å². The van der Waals surface area contributed by atoms with Crippen LogP contribution in [-0.4, -0.2) is 46.2 Å². The fourth-order valence-corrected chi connectivity index (χ4v) is 1.88. The lowest BCUT2D eigenvalue weighted by Crippen LogP contribution is -2.34. The zero-order valence-electron chi connectivity index (χ0n) is 11.7. The summed E-state index contributed by atoms with van der Waals surface area (Å²) in [5.74, 6) is -0.0704. The van der Waals surface area contributed by atoms with Crippen molar-refractivity contribution in [3.8, 4) is 0 Å². The van der Waals surface area contributed by atoms with E-state index in [1.165, 1.54) is 0 Å². The molecule has 0 aliphatic carbocycles. The summed E-state index contributed by atoms with van der Waals surface area (Å²) in [5, 5.41) is 6.67. The number of hydrogen-bond donors (Lipinski definition) is 1. The summed E-state index contributed by atoms with van der Waals surface area (Å²) < 4.78 is 5.07. The van der Waals surface area contributed by atoms with E-state index in [1.807, 2.05) is 25.1 Å². The molecule has 6 heteroatoms. The Hall–Kier alpha value is -2.21. The first-order valence-electron chi connectivity index (χ1n) is 6.40. The summed E-state index contributed by atoms with van der Waals surface area (Å²) in [7, 11) is 1.62. The summed E-state index contributed by atoms with van der Waals surface area (Å²) in [6, 6.07) is 5.66. The number of rotatable bonds is 6. The molecule has 6 nitrogen and oxygen atoms in total. The summed E-state index contributed by atoms with van der Waals surface area (Å²) in [5.41, 5.74) is 2.19. The first kappa shape index (κ1) is 14.2. The van der Waals surface area contributed by atoms with Gasteiger partial charge in [-0.2, -0.15) is 5.10 Å². The molecule has 20 heavy (non-hydrogen) atoms. The van der Waals surface area contributed by atoms with Crippen molar-refractivity contribution < 1.29 is 9.53 Å². The van der Waals surface area contributed by atoms with Gasteiger partial charge in [-0.15, -0.1) is 0 Å². The fraction of sp³-hybridized carbons (Fsp3) is 0.357. The SMILES string of the molecule is COCCN(Cc1ccccn1)C(=O)c1cn[nH]c1C. The van der Waals surface area contributed by atoms with Gasteiger partial charge in [0.2, 0.25) is 0 Å². The number of carbonyl (C=O) groups is 1. The highest BCUT2D eigenvalue weighted by atomic mass is 16.5. The summed E-state index contributed by atoms with van der Waals surface area (Å²) in [6.45, 7) is 3.27. The van der Waals surface area contributed by atoms with Gasteiger partial charge in [-0.3, -0.25) is 14.9 Å². The molecule has 0 unspecified atom stereocenters. The number of methoxy groups -OCH3 is 1. The van der Waals surface area contributed by atoms with Crippen molar-refractivity contribution in [3.63, 3.8) is 0 Å². The maximum Gasteiger partial charge on any atom is 0.257 e. The minimum Gasteiger partial charge on any atom is -0.383 e. The van der Waals surface area contributed by atoms with Crippen LogP contribution in [-0.2, 0) is 11.3 Å². The minimum absolute atomic E-state index is 0.0704. The van der Waals surface area contributed by atoms with Gasteiger partial charge >= 0.3 is 0 Å². The summed E-state index contributed by atoms with van der Waals surface area (Å²) in [6.07, 6.45) is 3.27. The Morgan fingerprint density at radius 3 is 2.90 bits per heavy atom. The molecule has 1 N–H and O–H groups in total. The van der Waals surface area contributed by atoms with E-state index in [-0.39, 0.29) is 5.91 Å². The second kappa shape index (κ2) is 6.81. The van der Waals surface area contributed by atoms with Crippen molar-refractivity contribution in [2.24, 2.45) is 0 Å². The van der Waals surface area contributed by atoms with Crippen LogP contribution in [0.25, 0.3) is 0 Å². The van der Waals surface area contributed by atoms with Crippen LogP contribution in [0, 0.1) is 6.92 Å². The molecule has 0 bridgehead atoms. The number of amides is 1. The Morgan fingerprint density at radius 2 is 2.30 bits per heavy atom. The molecule has 0 spiro atoms. The van der Waals surface area contributed by atoms with E-state index in [1.54, 1.807) is 24.4 Å². The summed E-state index contributed by atoms with van der Waals surface area (Å²) >= 11 is 0. The van der Waals surface area contributed by atoms with Gasteiger partial charge in [-0.25, -0.2) is 0 Å². The smallest absolute Gasteiger partial charge is 0.257 e. The Labute approximate surface area is 117 Å². The number of carbonyl (C=O) groups excluding carboxylic acids is 1. The van der Waals surface area contributed by atoms with Gasteiger partial charge in [0.1, 0.15) is 0 Å². The second-order valence-corrected chi connectivity index (χ2v) is 4.45. The van der Waals surface area contributed by atoms with Crippen LogP contribution in [0.3, 0.4) is 0 Å². The van der Waals surface area contributed by atoms with E-state index < -0.39 is 0 Å². The third kappa shape index (κ3) is 3.42. The molecule has 0 aliphatic heterocycles. The predicted molar refractivity (Wildman–Crippen MR) is 74.2 cm³/mol. The lowest BCUT2D eigenvalue weighted by molar-refractivity contribution is 0.0677. The largest absolute Gasteiger partial charge is 0.383 e. The normalized spacial score (nSPS) is 10.5. The Kier molecular flexibility index (Phi) is 4.84. The molecule has 0 fully saturated rings. The van der Waals surface area contributed by atoms with Gasteiger partial charge in [-0.1, -0.05) is 6.07 Å². The first-order chi connectivity index (χ1) is 9.72. The van der Waals surface area contributed by atoms with Crippen LogP contribution in [0.4, 0.5) is 0 Å². The third-order valence-corrected chi connectivity index (χ3v) is 2.99. The van der Waals surface area contributed by atoms with Gasteiger partial charge in [0.25, 0.3) is 5.91 Å². The summed E-state index contributed by atoms with van der Waals surface area (Å²) in [4.78, 5) is 18.5. The molecule has 0 atom stereocenters. The van der Waals surface area contributed by atoms with Crippen molar-refractivity contribution in [1.82, 2.24) is 20.1 Å². The number of aryl methyl sites for hydroxylation is 1. The molecule has 2 rings (SSSR count). The first-order valence-corrected chi connectivity index (χ1v) is 6.40. The highest BCUT2D eigenvalue weighted by Crippen LogP contribution is 2.10. The number of nitrogens with zero attached hydrogens (tertiary/aromatic N) is 3. The zero-order chi connectivity index (χ0) is 14.4. The van der Waals surface area contributed by atoms with E-state index in [0.717, 1.165) is 11.4 Å². The Morgan fingerprint density at radius 1 is 1.45 bits per heavy atom. The molecular formula is C14H18N4O2. The number of nitrogens with one attached hydrogen (secondary N) is 1. The van der Waals surface area contributed by atoms with Crippen molar-refractivity contribution >= 4 is 5.91 Å². The van der Waals surface area contributed by atoms with Gasteiger partial charge in [-0.05, 0) is 19.1 Å². The molecule has 2 aromatic heterocycles. The maximum absolute atomic E-state index is 12.5. The molecule has 0 radical (unpaired) electrons. The van der Waals surface area contributed by atoms with Crippen LogP contribution in [0.2, 0.25) is 0 Å². The minimum atomic E-state index is -0.0704. The number of aromatic amines is 1. The fourth-order valence-electron chi connectivity index (χ4n) is 1.88. The third-order valence-electron chi connectivity index (χ3n) is 2.99. The van der Waals surface area contributed by atoms with Gasteiger partial charge in [0.05, 0.1) is 30.6 Å². The van der Waals surface area contributed by atoms with Gasteiger partial charge in [0, 0.05) is 25.5 Å². The second-order valence-electron chi connectivity index (χ2n) is 4.45. The molecule has 0 aliphatic rings. The molecule has 0 saturated heterocycles. The predicted octanol–water partition coefficient (Wildman–Crippen LogP) is 1.40. The number of hydrogen-bond acceptors (Lipinski definition) is 4. The quantitative estimate of drug-likeness (QED) is 0.864. The molecule has 2 aromatic rings. The van der Waals surface area contributed by atoms with E-state index >= 15 is 0 Å². The van der Waals surface area contributed by atoms with Crippen LogP contribution < -0.4 is 0 Å². The average Bonchev–Trinajstić information content (AvgIpc) is 2.90. The van der Waals surface area contributed by atoms with Crippen LogP contribution in [0.15, 0.2) is 30.6 Å². The van der Waals surface area contributed by atoms with Crippen molar-refractivity contribution in [2.45, 2.75) is 13.5 Å². The molecule has 1 amide bonds. The lowest BCUT2D eigenvalue weighted by Gasteiger charge is -2.21. The maximum atomic E-state index is 12.5. The van der Waals surface area contributed by atoms with Crippen molar-refractivity contribution in [3.05, 3.63) is 47.5 Å². The lowest BCUT2D eigenvalue weighted by atomic mass is 10.2. The van der Waals surface area contributed by atoms with Crippen molar-refractivity contribution in [2.75, 3.05) is 20.3 Å². The highest BCUT2D eigenvalue weighted by Gasteiger charge is 2.19. The van der Waals surface area contributed by atoms with Crippen LogP contribution >= 0.6 is 0 Å². The van der Waals surface area contributed by atoms with Crippen LogP contribution in [0.5, 0.6) is 0 Å². The molecule has 106 valence electrons. The van der Waals surface area contributed by atoms with E-state index in [2.05, 4.69) is 15.2 Å². The van der Waals surface area contributed by atoms with Crippen LogP contribution in [0.1, 0.15) is 21.7 Å². The van der Waals surface area contributed by atoms with E-state index in [0.29, 0.717) is 25.3 Å². The average molecular weight is 274 g/mol. The standard InChI is InChI=1S/C14H18N4O2/c1-11-13(9-16-17-11)14(19)18(7-8-20-2)10-12-5-3-4-6-15-12/h3-6,9H,7-8,10H2,1-2H3,(H,16,17). The number of ether oxygens (including phenoxy) is 1. The van der Waals surface area contributed by atoms with E-state index in [4.69, 9.17) is 4.74 Å². The number of pyridine rings is 1.